The van der Waals surface area contributed by atoms with E-state index < -0.39 is 32.3 Å². The molecule has 0 aliphatic carbocycles. The van der Waals surface area contributed by atoms with Gasteiger partial charge in [-0.2, -0.15) is 0 Å². The van der Waals surface area contributed by atoms with Crippen LogP contribution in [0.15, 0.2) is 0 Å². The Labute approximate surface area is 113 Å². The average Bonchev–Trinajstić information content (AvgIpc) is 2.29. The van der Waals surface area contributed by atoms with Gasteiger partial charge in [-0.1, -0.05) is 13.8 Å². The topological polar surface area (TPSA) is 109 Å². The Morgan fingerprint density at radius 2 is 1.21 bits per heavy atom. The van der Waals surface area contributed by atoms with Gasteiger partial charge in [0.1, 0.15) is 0 Å². The maximum absolute atomic E-state index is 12.3. The average molecular weight is 294 g/mol. The van der Waals surface area contributed by atoms with E-state index in [4.69, 9.17) is 10.2 Å². The summed E-state index contributed by atoms with van der Waals surface area (Å²) in [4.78, 5) is 21.1. The molecule has 2 N–H and O–H groups in total. The summed E-state index contributed by atoms with van der Waals surface area (Å²) < 4.78 is 24.7. The van der Waals surface area contributed by atoms with Crippen molar-refractivity contribution in [3.05, 3.63) is 0 Å². The lowest BCUT2D eigenvalue weighted by Gasteiger charge is -2.22. The zero-order chi connectivity index (χ0) is 15.1. The summed E-state index contributed by atoms with van der Waals surface area (Å²) in [5.41, 5.74) is 0. The van der Waals surface area contributed by atoms with Gasteiger partial charge in [0.05, 0.1) is 10.5 Å². The van der Waals surface area contributed by atoms with Crippen molar-refractivity contribution in [2.45, 2.75) is 62.9 Å². The lowest BCUT2D eigenvalue weighted by molar-refractivity contribution is -0.138. The summed E-state index contributed by atoms with van der Waals surface area (Å²) in [5.74, 6) is -2.04. The van der Waals surface area contributed by atoms with Crippen LogP contribution in [0.3, 0.4) is 0 Å². The molecule has 0 amide bonds. The number of hydrogen-bond acceptors (Lipinski definition) is 4. The molecule has 19 heavy (non-hydrogen) atoms. The highest BCUT2D eigenvalue weighted by Gasteiger charge is 2.32. The van der Waals surface area contributed by atoms with Crippen LogP contribution in [-0.2, 0) is 19.4 Å². The van der Waals surface area contributed by atoms with Crippen LogP contribution in [0.2, 0.25) is 0 Å². The molecule has 0 aromatic carbocycles. The quantitative estimate of drug-likeness (QED) is 0.634. The minimum Gasteiger partial charge on any atom is -0.481 e. The molecule has 6 nitrogen and oxygen atoms in total. The van der Waals surface area contributed by atoms with Crippen molar-refractivity contribution in [3.8, 4) is 0 Å². The van der Waals surface area contributed by atoms with Gasteiger partial charge in [-0.05, 0) is 25.7 Å². The molecule has 0 aliphatic heterocycles. The Bertz CT molecular complexity index is 368. The predicted molar refractivity (Wildman–Crippen MR) is 70.8 cm³/mol. The maximum atomic E-state index is 12.3. The third kappa shape index (κ3) is 6.04. The molecule has 2 unspecified atom stereocenters. The van der Waals surface area contributed by atoms with Crippen LogP contribution in [0.4, 0.5) is 0 Å². The molecule has 112 valence electrons. The van der Waals surface area contributed by atoms with Gasteiger partial charge in [-0.15, -0.1) is 0 Å². The number of rotatable bonds is 10. The lowest BCUT2D eigenvalue weighted by Crippen LogP contribution is -2.32. The van der Waals surface area contributed by atoms with Crippen molar-refractivity contribution >= 4 is 21.8 Å². The number of hydrogen-bond donors (Lipinski definition) is 2. The van der Waals surface area contributed by atoms with Gasteiger partial charge in [-0.25, -0.2) is 8.42 Å². The molecule has 0 aromatic heterocycles. The van der Waals surface area contributed by atoms with Crippen LogP contribution in [0.25, 0.3) is 0 Å². The van der Waals surface area contributed by atoms with E-state index in [-0.39, 0.29) is 25.7 Å². The monoisotopic (exact) mass is 294 g/mol. The highest BCUT2D eigenvalue weighted by molar-refractivity contribution is 7.92. The number of carboxylic acid groups (broad SMARTS) is 2. The lowest BCUT2D eigenvalue weighted by atomic mass is 10.2. The van der Waals surface area contributed by atoms with Gasteiger partial charge in [0.15, 0.2) is 9.84 Å². The van der Waals surface area contributed by atoms with E-state index in [1.54, 1.807) is 13.8 Å². The first-order chi connectivity index (χ1) is 8.75. The minimum absolute atomic E-state index is 0.0811. The second kappa shape index (κ2) is 8.14. The Balaban J connectivity index is 4.84. The maximum Gasteiger partial charge on any atom is 0.303 e. The van der Waals surface area contributed by atoms with Crippen LogP contribution < -0.4 is 0 Å². The number of carboxylic acids is 2. The zero-order valence-corrected chi connectivity index (χ0v) is 12.1. The van der Waals surface area contributed by atoms with E-state index in [0.717, 1.165) is 0 Å². The van der Waals surface area contributed by atoms with E-state index in [9.17, 15) is 18.0 Å². The molecule has 0 heterocycles. The number of carbonyl (C=O) groups is 2. The van der Waals surface area contributed by atoms with Crippen molar-refractivity contribution in [2.75, 3.05) is 0 Å². The first-order valence-electron chi connectivity index (χ1n) is 6.41. The van der Waals surface area contributed by atoms with Crippen LogP contribution in [0.5, 0.6) is 0 Å². The highest BCUT2D eigenvalue weighted by atomic mass is 32.2. The molecular weight excluding hydrogens is 272 g/mol. The fourth-order valence-corrected chi connectivity index (χ4v) is 4.41. The first-order valence-corrected chi connectivity index (χ1v) is 8.02. The van der Waals surface area contributed by atoms with Gasteiger partial charge in [0.2, 0.25) is 0 Å². The molecule has 0 fully saturated rings. The van der Waals surface area contributed by atoms with E-state index >= 15 is 0 Å². The fourth-order valence-electron chi connectivity index (χ4n) is 2.04. The summed E-state index contributed by atoms with van der Waals surface area (Å²) >= 11 is 0. The first kappa shape index (κ1) is 17.9. The molecule has 0 saturated heterocycles. The van der Waals surface area contributed by atoms with Gasteiger partial charge < -0.3 is 10.2 Å². The van der Waals surface area contributed by atoms with Crippen molar-refractivity contribution in [2.24, 2.45) is 0 Å². The second-order valence-corrected chi connectivity index (χ2v) is 7.03. The van der Waals surface area contributed by atoms with Gasteiger partial charge in [0, 0.05) is 12.8 Å². The molecule has 0 aliphatic rings. The van der Waals surface area contributed by atoms with Crippen molar-refractivity contribution in [1.82, 2.24) is 0 Å². The SMILES string of the molecule is CCC(CCC(=O)O)S(=O)(=O)C(CC)CCC(=O)O. The molecule has 7 heteroatoms. The van der Waals surface area contributed by atoms with Crippen LogP contribution in [-0.4, -0.2) is 41.1 Å². The Hall–Kier alpha value is -1.11. The smallest absolute Gasteiger partial charge is 0.303 e. The largest absolute Gasteiger partial charge is 0.481 e. The molecule has 0 radical (unpaired) electrons. The molecule has 0 spiro atoms. The normalized spacial score (nSPS) is 14.8. The molecule has 2 atom stereocenters. The number of sulfone groups is 1. The van der Waals surface area contributed by atoms with E-state index in [1.807, 2.05) is 0 Å². The van der Waals surface area contributed by atoms with Crippen LogP contribution in [0, 0.1) is 0 Å². The second-order valence-electron chi connectivity index (χ2n) is 4.51. The van der Waals surface area contributed by atoms with E-state index in [2.05, 4.69) is 0 Å². The Morgan fingerprint density at radius 1 is 0.895 bits per heavy atom. The molecule has 0 bridgehead atoms. The summed E-state index contributed by atoms with van der Waals surface area (Å²) in [6, 6.07) is 0. The van der Waals surface area contributed by atoms with Crippen molar-refractivity contribution in [3.63, 3.8) is 0 Å². The summed E-state index contributed by atoms with van der Waals surface area (Å²) in [5, 5.41) is 15.8. The molecule has 0 rings (SSSR count). The van der Waals surface area contributed by atoms with Gasteiger partial charge in [-0.3, -0.25) is 9.59 Å². The highest BCUT2D eigenvalue weighted by Crippen LogP contribution is 2.23. The third-order valence-electron chi connectivity index (χ3n) is 3.20. The van der Waals surface area contributed by atoms with Crippen LogP contribution >= 0.6 is 0 Å². The van der Waals surface area contributed by atoms with Crippen LogP contribution in [0.1, 0.15) is 52.4 Å². The van der Waals surface area contributed by atoms with Gasteiger partial charge >= 0.3 is 11.9 Å². The fraction of sp³-hybridized carbons (Fsp3) is 0.833. The molecule has 0 saturated carbocycles. The summed E-state index contributed by atoms with van der Waals surface area (Å²) in [6.07, 6.45) is 0.480. The third-order valence-corrected chi connectivity index (χ3v) is 6.20. The van der Waals surface area contributed by atoms with Crippen molar-refractivity contribution in [1.29, 1.82) is 0 Å². The molecular formula is C12H22O6S. The Morgan fingerprint density at radius 3 is 1.42 bits per heavy atom. The van der Waals surface area contributed by atoms with Gasteiger partial charge in [0.25, 0.3) is 0 Å². The zero-order valence-electron chi connectivity index (χ0n) is 11.3. The van der Waals surface area contributed by atoms with E-state index in [0.29, 0.717) is 12.8 Å². The standard InChI is InChI=1S/C12H22O6S/c1-3-9(5-7-11(13)14)19(17,18)10(4-2)6-8-12(15)16/h9-10H,3-8H2,1-2H3,(H,13,14)(H,15,16). The summed E-state index contributed by atoms with van der Waals surface area (Å²) in [6.45, 7) is 3.40. The molecule has 0 aromatic rings. The predicted octanol–water partition coefficient (Wildman–Crippen LogP) is 1.69. The number of aliphatic carboxylic acids is 2. The minimum atomic E-state index is -3.48. The van der Waals surface area contributed by atoms with E-state index in [1.165, 1.54) is 0 Å². The van der Waals surface area contributed by atoms with Crippen molar-refractivity contribution < 1.29 is 28.2 Å². The Kier molecular flexibility index (Phi) is 7.66. The summed E-state index contributed by atoms with van der Waals surface area (Å²) in [7, 11) is -3.48.